The number of allylic oxidation sites excluding steroid dienone is 1. The summed E-state index contributed by atoms with van der Waals surface area (Å²) in [7, 11) is 1.66. The van der Waals surface area contributed by atoms with Gasteiger partial charge in [-0.1, -0.05) is 30.3 Å². The lowest BCUT2D eigenvalue weighted by molar-refractivity contribution is -0.117. The highest BCUT2D eigenvalue weighted by atomic mass is 16.5. The zero-order valence-electron chi connectivity index (χ0n) is 25.1. The van der Waals surface area contributed by atoms with Crippen molar-refractivity contribution in [2.24, 2.45) is 11.5 Å². The number of ether oxygens (including phenoxy) is 2. The van der Waals surface area contributed by atoms with Crippen LogP contribution in [0.4, 0.5) is 5.69 Å². The van der Waals surface area contributed by atoms with Crippen LogP contribution in [-0.4, -0.2) is 76.4 Å². The molecule has 9 heteroatoms. The van der Waals surface area contributed by atoms with Gasteiger partial charge in [0.05, 0.1) is 13.2 Å². The lowest BCUT2D eigenvalue weighted by Gasteiger charge is -2.37. The van der Waals surface area contributed by atoms with Crippen molar-refractivity contribution < 1.29 is 19.1 Å². The second-order valence-electron chi connectivity index (χ2n) is 10.5. The Morgan fingerprint density at radius 2 is 1.68 bits per heavy atom. The average Bonchev–Trinajstić information content (AvgIpc) is 2.99. The first-order chi connectivity index (χ1) is 19.8. The maximum atomic E-state index is 12.7. The molecule has 0 unspecified atom stereocenters. The van der Waals surface area contributed by atoms with E-state index in [1.165, 1.54) is 22.4 Å². The van der Waals surface area contributed by atoms with Gasteiger partial charge in [-0.15, -0.1) is 0 Å². The van der Waals surface area contributed by atoms with Crippen LogP contribution in [0.1, 0.15) is 43.4 Å². The second kappa shape index (κ2) is 16.1. The monoisotopic (exact) mass is 565 g/mol. The van der Waals surface area contributed by atoms with Crippen molar-refractivity contribution in [3.05, 3.63) is 64.4 Å². The fourth-order valence-electron chi connectivity index (χ4n) is 5.59. The summed E-state index contributed by atoms with van der Waals surface area (Å²) in [5.41, 5.74) is 18.7. The third-order valence-corrected chi connectivity index (χ3v) is 7.91. The van der Waals surface area contributed by atoms with E-state index in [9.17, 15) is 4.79 Å². The number of hydrogen-bond acceptors (Lipinski definition) is 7. The van der Waals surface area contributed by atoms with Crippen molar-refractivity contribution in [1.29, 1.82) is 0 Å². The van der Waals surface area contributed by atoms with Crippen molar-refractivity contribution in [2.75, 3.05) is 58.0 Å². The van der Waals surface area contributed by atoms with Crippen molar-refractivity contribution in [1.82, 2.24) is 10.2 Å². The number of carbonyl (C=O) groups excluding carboxylic acids is 2. The van der Waals surface area contributed by atoms with Crippen LogP contribution in [0.25, 0.3) is 11.1 Å². The molecule has 2 aliphatic heterocycles. The number of nitrogens with one attached hydrogen (secondary N) is 1. The lowest BCUT2D eigenvalue weighted by Crippen LogP contribution is -2.40. The minimum atomic E-state index is -0.124. The molecular formula is C32H47N5O4. The normalized spacial score (nSPS) is 16.7. The molecule has 2 saturated heterocycles. The summed E-state index contributed by atoms with van der Waals surface area (Å²) >= 11 is 0. The number of anilines is 1. The summed E-state index contributed by atoms with van der Waals surface area (Å²) in [6.45, 7) is 13.2. The highest BCUT2D eigenvalue weighted by Gasteiger charge is 2.24. The number of nitrogens with two attached hydrogens (primary N) is 2. The zero-order valence-corrected chi connectivity index (χ0v) is 25.1. The van der Waals surface area contributed by atoms with Gasteiger partial charge in [-0.3, -0.25) is 14.5 Å². The Balaban J connectivity index is 0.00000147. The van der Waals surface area contributed by atoms with Gasteiger partial charge in [-0.05, 0) is 67.5 Å². The van der Waals surface area contributed by atoms with Gasteiger partial charge in [0.15, 0.2) is 0 Å². The molecule has 2 fully saturated rings. The molecule has 0 aromatic heterocycles. The number of rotatable bonds is 9. The molecular weight excluding hydrogens is 518 g/mol. The van der Waals surface area contributed by atoms with Crippen molar-refractivity contribution in [3.8, 4) is 11.1 Å². The Morgan fingerprint density at radius 1 is 1.07 bits per heavy atom. The van der Waals surface area contributed by atoms with Gasteiger partial charge in [0, 0.05) is 75.9 Å². The minimum absolute atomic E-state index is 0.124. The van der Waals surface area contributed by atoms with Gasteiger partial charge in [0.25, 0.3) is 0 Å². The molecule has 5 N–H and O–H groups in total. The Kier molecular flexibility index (Phi) is 12.6. The molecule has 0 radical (unpaired) electrons. The summed E-state index contributed by atoms with van der Waals surface area (Å²) in [5, 5.41) is 2.76. The lowest BCUT2D eigenvalue weighted by atomic mass is 9.91. The van der Waals surface area contributed by atoms with Crippen LogP contribution in [0, 0.1) is 6.92 Å². The standard InChI is InChI=1S/C31H44N4O3.CH3NO/c1-5-35(28-10-14-37-15-11-28)30-20-27(18-26(22(30)2)19-29(23(3)32)31(36)33-4)25-8-6-24(7-9-25)21-34-12-16-38-17-13-34;2-1-3/h6-9,18,20,28H,5,10-17,19,21,32H2,1-4H3,(H,33,36);1H,(H2,2,3)/b29-23-;. The third kappa shape index (κ3) is 8.79. The fraction of sp³-hybridized carbons (Fsp3) is 0.500. The largest absolute Gasteiger partial charge is 0.402 e. The van der Waals surface area contributed by atoms with Crippen molar-refractivity contribution in [2.45, 2.75) is 52.6 Å². The molecule has 4 rings (SSSR count). The van der Waals surface area contributed by atoms with E-state index < -0.39 is 0 Å². The molecule has 2 aromatic carbocycles. The van der Waals surface area contributed by atoms with Gasteiger partial charge in [0.1, 0.15) is 0 Å². The molecule has 9 nitrogen and oxygen atoms in total. The topological polar surface area (TPSA) is 123 Å². The first-order valence-corrected chi connectivity index (χ1v) is 14.5. The molecule has 2 aliphatic rings. The maximum absolute atomic E-state index is 12.7. The molecule has 0 atom stereocenters. The minimum Gasteiger partial charge on any atom is -0.402 e. The number of likely N-dealkylation sites (N-methyl/N-ethyl adjacent to an activating group) is 1. The molecule has 41 heavy (non-hydrogen) atoms. The van der Waals surface area contributed by atoms with Gasteiger partial charge < -0.3 is 31.2 Å². The zero-order chi connectivity index (χ0) is 29.8. The predicted molar refractivity (Wildman–Crippen MR) is 164 cm³/mol. The SMILES string of the molecule is CCN(c1cc(-c2ccc(CN3CCOCC3)cc2)cc(C/C(C(=O)NC)=C(\C)N)c1C)C1CCOCC1.NC=O. The van der Waals surface area contributed by atoms with Gasteiger partial charge in [0.2, 0.25) is 12.3 Å². The van der Waals surface area contributed by atoms with Crippen LogP contribution in [-0.2, 0) is 32.0 Å². The van der Waals surface area contributed by atoms with E-state index in [1.54, 1.807) is 14.0 Å². The third-order valence-electron chi connectivity index (χ3n) is 7.91. The van der Waals surface area contributed by atoms with Crippen LogP contribution in [0.3, 0.4) is 0 Å². The smallest absolute Gasteiger partial charge is 0.249 e. The van der Waals surface area contributed by atoms with Crippen LogP contribution in [0.5, 0.6) is 0 Å². The number of hydrogen-bond donors (Lipinski definition) is 3. The predicted octanol–water partition coefficient (Wildman–Crippen LogP) is 3.12. The quantitative estimate of drug-likeness (QED) is 0.315. The highest BCUT2D eigenvalue weighted by molar-refractivity contribution is 5.94. The van der Waals surface area contributed by atoms with E-state index >= 15 is 0 Å². The number of morpholine rings is 1. The molecule has 2 amide bonds. The average molecular weight is 566 g/mol. The van der Waals surface area contributed by atoms with Crippen molar-refractivity contribution >= 4 is 18.0 Å². The van der Waals surface area contributed by atoms with E-state index in [2.05, 4.69) is 71.1 Å². The molecule has 0 spiro atoms. The van der Waals surface area contributed by atoms with E-state index in [0.29, 0.717) is 23.7 Å². The van der Waals surface area contributed by atoms with E-state index in [0.717, 1.165) is 76.6 Å². The first-order valence-electron chi connectivity index (χ1n) is 14.5. The van der Waals surface area contributed by atoms with Crippen LogP contribution >= 0.6 is 0 Å². The van der Waals surface area contributed by atoms with Gasteiger partial charge in [-0.2, -0.15) is 0 Å². The van der Waals surface area contributed by atoms with E-state index in [1.807, 2.05) is 0 Å². The Labute approximate surface area is 244 Å². The second-order valence-corrected chi connectivity index (χ2v) is 10.5. The van der Waals surface area contributed by atoms with Crippen LogP contribution < -0.4 is 21.7 Å². The van der Waals surface area contributed by atoms with E-state index in [-0.39, 0.29) is 12.3 Å². The summed E-state index contributed by atoms with van der Waals surface area (Å²) in [5.74, 6) is -0.124. The molecule has 0 aliphatic carbocycles. The summed E-state index contributed by atoms with van der Waals surface area (Å²) in [4.78, 5) is 26.2. The van der Waals surface area contributed by atoms with Gasteiger partial charge in [-0.25, -0.2) is 0 Å². The Hall–Kier alpha value is -3.40. The Morgan fingerprint density at radius 3 is 2.24 bits per heavy atom. The molecule has 2 heterocycles. The first kappa shape index (κ1) is 32.1. The number of benzene rings is 2. The number of carbonyl (C=O) groups is 2. The molecule has 0 bridgehead atoms. The number of amides is 2. The van der Waals surface area contributed by atoms with Crippen LogP contribution in [0.15, 0.2) is 47.7 Å². The molecule has 2 aromatic rings. The van der Waals surface area contributed by atoms with E-state index in [4.69, 9.17) is 20.0 Å². The summed E-state index contributed by atoms with van der Waals surface area (Å²) < 4.78 is 11.2. The van der Waals surface area contributed by atoms with Crippen LogP contribution in [0.2, 0.25) is 0 Å². The van der Waals surface area contributed by atoms with Crippen molar-refractivity contribution in [3.63, 3.8) is 0 Å². The highest BCUT2D eigenvalue weighted by Crippen LogP contribution is 2.35. The summed E-state index contributed by atoms with van der Waals surface area (Å²) in [6.07, 6.45) is 2.79. The number of primary amides is 1. The molecule has 0 saturated carbocycles. The maximum Gasteiger partial charge on any atom is 0.249 e. The molecule has 224 valence electrons. The fourth-order valence-corrected chi connectivity index (χ4v) is 5.59. The van der Waals surface area contributed by atoms with Gasteiger partial charge >= 0.3 is 0 Å². The summed E-state index contributed by atoms with van der Waals surface area (Å²) in [6, 6.07) is 13.9. The number of nitrogens with zero attached hydrogens (tertiary/aromatic N) is 2. The Bertz CT molecular complexity index is 1170.